The number of thiophene rings is 1. The van der Waals surface area contributed by atoms with E-state index in [1.807, 2.05) is 24.4 Å². The van der Waals surface area contributed by atoms with E-state index in [-0.39, 0.29) is 41.8 Å². The molecule has 4 nitrogen and oxygen atoms in total. The van der Waals surface area contributed by atoms with E-state index in [2.05, 4.69) is 20.4 Å². The minimum absolute atomic E-state index is 0. The zero-order valence-corrected chi connectivity index (χ0v) is 17.3. The Morgan fingerprint density at radius 1 is 1.23 bits per heavy atom. The Kier molecular flexibility index (Phi) is 10.4. The van der Waals surface area contributed by atoms with Crippen molar-refractivity contribution in [1.29, 1.82) is 0 Å². The molecular weight excluding hydrogens is 478 g/mol. The molecule has 1 heterocycles. The summed E-state index contributed by atoms with van der Waals surface area (Å²) in [5.41, 5.74) is -0.00161. The van der Waals surface area contributed by atoms with E-state index >= 15 is 0 Å². The van der Waals surface area contributed by atoms with Crippen molar-refractivity contribution in [3.63, 3.8) is 0 Å². The summed E-state index contributed by atoms with van der Waals surface area (Å²) >= 11 is 1.67. The van der Waals surface area contributed by atoms with Crippen LogP contribution in [0.3, 0.4) is 0 Å². The second-order valence-electron chi connectivity index (χ2n) is 5.05. The maximum absolute atomic E-state index is 13.9. The molecule has 0 radical (unpaired) electrons. The highest BCUT2D eigenvalue weighted by molar-refractivity contribution is 14.0. The second-order valence-corrected chi connectivity index (χ2v) is 6.08. The SMILES string of the molecule is CCNC(=NCc1c(F)cccc1OC(F)F)NCCc1cccs1.I. The molecule has 144 valence electrons. The van der Waals surface area contributed by atoms with Gasteiger partial charge in [0, 0.05) is 18.0 Å². The molecule has 0 aliphatic heterocycles. The van der Waals surface area contributed by atoms with Crippen molar-refractivity contribution in [2.24, 2.45) is 4.99 Å². The third-order valence-electron chi connectivity index (χ3n) is 3.28. The molecular formula is C17H21F3IN3OS. The van der Waals surface area contributed by atoms with Gasteiger partial charge in [0.15, 0.2) is 5.96 Å². The largest absolute Gasteiger partial charge is 0.434 e. The summed E-state index contributed by atoms with van der Waals surface area (Å²) in [6, 6.07) is 7.86. The standard InChI is InChI=1S/C17H20F3N3OS.HI/c1-2-21-17(22-9-8-12-5-4-10-25-12)23-11-13-14(18)6-3-7-15(13)24-16(19)20;/h3-7,10,16H,2,8-9,11H2,1H3,(H2,21,22,23);1H. The first kappa shape index (κ1) is 22.6. The number of aliphatic imine (C=N–C) groups is 1. The Bertz CT molecular complexity index is 684. The zero-order valence-electron chi connectivity index (χ0n) is 14.2. The number of rotatable bonds is 8. The lowest BCUT2D eigenvalue weighted by Gasteiger charge is -2.13. The molecule has 0 atom stereocenters. The van der Waals surface area contributed by atoms with Gasteiger partial charge in [-0.3, -0.25) is 0 Å². The third-order valence-corrected chi connectivity index (χ3v) is 4.21. The van der Waals surface area contributed by atoms with Crippen LogP contribution in [0.2, 0.25) is 0 Å². The second kappa shape index (κ2) is 12.0. The maximum atomic E-state index is 13.9. The van der Waals surface area contributed by atoms with E-state index in [0.717, 1.165) is 6.42 Å². The first-order valence-corrected chi connectivity index (χ1v) is 8.75. The number of alkyl halides is 2. The van der Waals surface area contributed by atoms with Gasteiger partial charge in [-0.25, -0.2) is 9.38 Å². The van der Waals surface area contributed by atoms with Crippen LogP contribution in [0.15, 0.2) is 40.7 Å². The van der Waals surface area contributed by atoms with E-state index in [1.54, 1.807) is 11.3 Å². The summed E-state index contributed by atoms with van der Waals surface area (Å²) in [7, 11) is 0. The molecule has 0 saturated carbocycles. The Balaban J connectivity index is 0.00000338. The quantitative estimate of drug-likeness (QED) is 0.322. The van der Waals surface area contributed by atoms with Gasteiger partial charge in [-0.05, 0) is 36.9 Å². The Morgan fingerprint density at radius 3 is 2.69 bits per heavy atom. The van der Waals surface area contributed by atoms with E-state index < -0.39 is 12.4 Å². The lowest BCUT2D eigenvalue weighted by atomic mass is 10.2. The van der Waals surface area contributed by atoms with Crippen LogP contribution >= 0.6 is 35.3 Å². The first-order chi connectivity index (χ1) is 12.1. The molecule has 0 aliphatic carbocycles. The molecule has 0 bridgehead atoms. The van der Waals surface area contributed by atoms with Crippen LogP contribution in [-0.4, -0.2) is 25.7 Å². The molecule has 2 rings (SSSR count). The fraction of sp³-hybridized carbons (Fsp3) is 0.353. The molecule has 9 heteroatoms. The van der Waals surface area contributed by atoms with Gasteiger partial charge in [-0.1, -0.05) is 12.1 Å². The average Bonchev–Trinajstić information content (AvgIpc) is 3.07. The summed E-state index contributed by atoms with van der Waals surface area (Å²) in [6.07, 6.45) is 0.835. The van der Waals surface area contributed by atoms with Crippen molar-refractivity contribution in [1.82, 2.24) is 10.6 Å². The summed E-state index contributed by atoms with van der Waals surface area (Å²) in [4.78, 5) is 5.51. The Labute approximate surface area is 171 Å². The van der Waals surface area contributed by atoms with Gasteiger partial charge in [0.1, 0.15) is 11.6 Å². The van der Waals surface area contributed by atoms with Crippen LogP contribution in [0.5, 0.6) is 5.75 Å². The molecule has 0 amide bonds. The van der Waals surface area contributed by atoms with Gasteiger partial charge in [0.25, 0.3) is 0 Å². The average molecular weight is 499 g/mol. The first-order valence-electron chi connectivity index (χ1n) is 7.87. The highest BCUT2D eigenvalue weighted by atomic mass is 127. The molecule has 0 spiro atoms. The fourth-order valence-corrected chi connectivity index (χ4v) is 2.87. The van der Waals surface area contributed by atoms with Gasteiger partial charge >= 0.3 is 6.61 Å². The lowest BCUT2D eigenvalue weighted by molar-refractivity contribution is -0.0506. The maximum Gasteiger partial charge on any atom is 0.387 e. The third kappa shape index (κ3) is 7.40. The van der Waals surface area contributed by atoms with Gasteiger partial charge in [-0.2, -0.15) is 8.78 Å². The highest BCUT2D eigenvalue weighted by Crippen LogP contribution is 2.24. The number of ether oxygens (including phenoxy) is 1. The smallest absolute Gasteiger partial charge is 0.387 e. The summed E-state index contributed by atoms with van der Waals surface area (Å²) in [5, 5.41) is 8.20. The van der Waals surface area contributed by atoms with Crippen molar-refractivity contribution in [2.75, 3.05) is 13.1 Å². The van der Waals surface area contributed by atoms with Gasteiger partial charge in [0.05, 0.1) is 12.1 Å². The monoisotopic (exact) mass is 499 g/mol. The van der Waals surface area contributed by atoms with Crippen molar-refractivity contribution in [3.05, 3.63) is 52.0 Å². The van der Waals surface area contributed by atoms with E-state index in [1.165, 1.54) is 23.1 Å². The predicted octanol–water partition coefficient (Wildman–Crippen LogP) is 4.40. The number of benzene rings is 1. The minimum Gasteiger partial charge on any atom is -0.434 e. The molecule has 0 fully saturated rings. The van der Waals surface area contributed by atoms with Gasteiger partial charge < -0.3 is 15.4 Å². The topological polar surface area (TPSA) is 45.7 Å². The fourth-order valence-electron chi connectivity index (χ4n) is 2.16. The predicted molar refractivity (Wildman–Crippen MR) is 109 cm³/mol. The van der Waals surface area contributed by atoms with Crippen LogP contribution in [-0.2, 0) is 13.0 Å². The molecule has 0 saturated heterocycles. The number of nitrogens with one attached hydrogen (secondary N) is 2. The number of hydrogen-bond acceptors (Lipinski definition) is 3. The number of nitrogens with zero attached hydrogens (tertiary/aromatic N) is 1. The summed E-state index contributed by atoms with van der Waals surface area (Å²) in [5.74, 6) is -0.338. The van der Waals surface area contributed by atoms with Crippen molar-refractivity contribution in [3.8, 4) is 5.75 Å². The molecule has 0 aliphatic rings. The summed E-state index contributed by atoms with van der Waals surface area (Å²) < 4.78 is 43.2. The van der Waals surface area contributed by atoms with E-state index in [0.29, 0.717) is 19.0 Å². The number of guanidine groups is 1. The van der Waals surface area contributed by atoms with Crippen LogP contribution in [0.4, 0.5) is 13.2 Å². The van der Waals surface area contributed by atoms with Gasteiger partial charge in [0.2, 0.25) is 0 Å². The van der Waals surface area contributed by atoms with Crippen molar-refractivity contribution < 1.29 is 17.9 Å². The van der Waals surface area contributed by atoms with E-state index in [4.69, 9.17) is 0 Å². The summed E-state index contributed by atoms with van der Waals surface area (Å²) in [6.45, 7) is 0.0715. The molecule has 1 aromatic heterocycles. The van der Waals surface area contributed by atoms with Gasteiger partial charge in [-0.15, -0.1) is 35.3 Å². The van der Waals surface area contributed by atoms with Crippen LogP contribution in [0.1, 0.15) is 17.4 Å². The zero-order chi connectivity index (χ0) is 18.1. The molecule has 1 aromatic carbocycles. The van der Waals surface area contributed by atoms with Crippen molar-refractivity contribution >= 4 is 41.3 Å². The minimum atomic E-state index is -3.01. The van der Waals surface area contributed by atoms with Crippen molar-refractivity contribution in [2.45, 2.75) is 26.5 Å². The van der Waals surface area contributed by atoms with Crippen LogP contribution in [0, 0.1) is 5.82 Å². The van der Waals surface area contributed by atoms with E-state index in [9.17, 15) is 13.2 Å². The lowest BCUT2D eigenvalue weighted by Crippen LogP contribution is -2.38. The Morgan fingerprint density at radius 2 is 2.04 bits per heavy atom. The Hall–Kier alpha value is -1.49. The number of halogens is 4. The number of hydrogen-bond donors (Lipinski definition) is 2. The normalized spacial score (nSPS) is 11.2. The molecule has 26 heavy (non-hydrogen) atoms. The molecule has 2 aromatic rings. The molecule has 2 N–H and O–H groups in total. The molecule has 0 unspecified atom stereocenters. The van der Waals surface area contributed by atoms with Crippen LogP contribution in [0.25, 0.3) is 0 Å². The highest BCUT2D eigenvalue weighted by Gasteiger charge is 2.13. The van der Waals surface area contributed by atoms with Crippen LogP contribution < -0.4 is 15.4 Å².